The van der Waals surface area contributed by atoms with E-state index in [1.165, 1.54) is 23.5 Å². The first-order chi connectivity index (χ1) is 8.12. The summed E-state index contributed by atoms with van der Waals surface area (Å²) in [5.74, 6) is 0. The maximum Gasteiger partial charge on any atom is 0.263 e. The van der Waals surface area contributed by atoms with Crippen LogP contribution in [0.4, 0.5) is 5.13 Å². The van der Waals surface area contributed by atoms with Crippen molar-refractivity contribution in [1.29, 1.82) is 0 Å². The van der Waals surface area contributed by atoms with Gasteiger partial charge in [0.2, 0.25) is 0 Å². The standard InChI is InChI=1S/C10H11N3O2S2/c11-7-8-1-3-9(4-2-8)17(14,15)13-10-12-5-6-16-10/h1-6H,7,11H2,(H,12,13). The van der Waals surface area contributed by atoms with Gasteiger partial charge in [-0.2, -0.15) is 0 Å². The molecule has 0 atom stereocenters. The zero-order valence-electron chi connectivity index (χ0n) is 8.83. The van der Waals surface area contributed by atoms with Crippen molar-refractivity contribution in [2.24, 2.45) is 5.73 Å². The Morgan fingerprint density at radius 3 is 2.53 bits per heavy atom. The minimum Gasteiger partial charge on any atom is -0.326 e. The van der Waals surface area contributed by atoms with Crippen LogP contribution in [0.2, 0.25) is 0 Å². The van der Waals surface area contributed by atoms with Gasteiger partial charge in [-0.15, -0.1) is 11.3 Å². The van der Waals surface area contributed by atoms with Gasteiger partial charge in [-0.25, -0.2) is 13.4 Å². The van der Waals surface area contributed by atoms with E-state index >= 15 is 0 Å². The van der Waals surface area contributed by atoms with E-state index < -0.39 is 10.0 Å². The van der Waals surface area contributed by atoms with Crippen LogP contribution < -0.4 is 10.5 Å². The monoisotopic (exact) mass is 269 g/mol. The third kappa shape index (κ3) is 2.82. The number of anilines is 1. The van der Waals surface area contributed by atoms with Crippen molar-refractivity contribution in [2.75, 3.05) is 4.72 Å². The van der Waals surface area contributed by atoms with E-state index in [1.807, 2.05) is 0 Å². The Morgan fingerprint density at radius 2 is 2.00 bits per heavy atom. The molecule has 2 rings (SSSR count). The molecule has 1 heterocycles. The number of nitrogens with two attached hydrogens (primary N) is 1. The van der Waals surface area contributed by atoms with Crippen LogP contribution in [0.3, 0.4) is 0 Å². The highest BCUT2D eigenvalue weighted by Gasteiger charge is 2.14. The Kier molecular flexibility index (Phi) is 3.41. The Bertz CT molecular complexity index is 577. The quantitative estimate of drug-likeness (QED) is 0.878. The molecule has 0 radical (unpaired) electrons. The van der Waals surface area contributed by atoms with Gasteiger partial charge >= 0.3 is 0 Å². The highest BCUT2D eigenvalue weighted by atomic mass is 32.2. The normalized spacial score (nSPS) is 11.4. The molecule has 17 heavy (non-hydrogen) atoms. The molecule has 0 amide bonds. The molecule has 0 fully saturated rings. The van der Waals surface area contributed by atoms with Crippen LogP contribution >= 0.6 is 11.3 Å². The first-order valence-corrected chi connectivity index (χ1v) is 7.19. The number of hydrogen-bond donors (Lipinski definition) is 2. The number of sulfonamides is 1. The van der Waals surface area contributed by atoms with Gasteiger partial charge in [0.15, 0.2) is 5.13 Å². The second-order valence-corrected chi connectivity index (χ2v) is 5.87. The SMILES string of the molecule is NCc1ccc(S(=O)(=O)Nc2nccs2)cc1. The van der Waals surface area contributed by atoms with E-state index in [9.17, 15) is 8.42 Å². The van der Waals surface area contributed by atoms with Crippen molar-refractivity contribution >= 4 is 26.5 Å². The fourth-order valence-electron chi connectivity index (χ4n) is 1.25. The van der Waals surface area contributed by atoms with E-state index in [0.29, 0.717) is 11.7 Å². The topological polar surface area (TPSA) is 85.1 Å². The number of nitrogens with zero attached hydrogens (tertiary/aromatic N) is 1. The largest absolute Gasteiger partial charge is 0.326 e. The lowest BCUT2D eigenvalue weighted by atomic mass is 10.2. The molecule has 7 heteroatoms. The van der Waals surface area contributed by atoms with Crippen LogP contribution in [0.1, 0.15) is 5.56 Å². The zero-order valence-corrected chi connectivity index (χ0v) is 10.5. The van der Waals surface area contributed by atoms with Crippen molar-refractivity contribution < 1.29 is 8.42 Å². The maximum absolute atomic E-state index is 11.9. The summed E-state index contributed by atoms with van der Waals surface area (Å²) in [5.41, 5.74) is 6.33. The summed E-state index contributed by atoms with van der Waals surface area (Å²) in [5, 5.41) is 2.06. The first-order valence-electron chi connectivity index (χ1n) is 4.83. The van der Waals surface area contributed by atoms with Crippen molar-refractivity contribution in [2.45, 2.75) is 11.4 Å². The summed E-state index contributed by atoms with van der Waals surface area (Å²) < 4.78 is 26.2. The predicted molar refractivity (Wildman–Crippen MR) is 67.3 cm³/mol. The summed E-state index contributed by atoms with van der Waals surface area (Å²) in [7, 11) is -3.55. The molecule has 0 saturated carbocycles. The molecule has 5 nitrogen and oxygen atoms in total. The molecule has 0 aliphatic heterocycles. The van der Waals surface area contributed by atoms with E-state index in [1.54, 1.807) is 23.7 Å². The van der Waals surface area contributed by atoms with Crippen LogP contribution in [-0.4, -0.2) is 13.4 Å². The molecule has 0 spiro atoms. The minimum atomic E-state index is -3.55. The lowest BCUT2D eigenvalue weighted by Crippen LogP contribution is -2.12. The second-order valence-electron chi connectivity index (χ2n) is 3.29. The number of nitrogens with one attached hydrogen (secondary N) is 1. The lowest BCUT2D eigenvalue weighted by Gasteiger charge is -2.05. The summed E-state index contributed by atoms with van der Waals surface area (Å²) in [4.78, 5) is 4.07. The fourth-order valence-corrected chi connectivity index (χ4v) is 3.04. The van der Waals surface area contributed by atoms with Gasteiger partial charge in [0, 0.05) is 18.1 Å². The second kappa shape index (κ2) is 4.82. The van der Waals surface area contributed by atoms with Crippen LogP contribution in [0, 0.1) is 0 Å². The van der Waals surface area contributed by atoms with Gasteiger partial charge in [-0.3, -0.25) is 4.72 Å². The molecule has 1 aromatic heterocycles. The van der Waals surface area contributed by atoms with Crippen LogP contribution in [0.15, 0.2) is 40.7 Å². The van der Waals surface area contributed by atoms with E-state index in [0.717, 1.165) is 5.56 Å². The van der Waals surface area contributed by atoms with Crippen molar-refractivity contribution in [3.8, 4) is 0 Å². The Labute approximate surface area is 103 Å². The highest BCUT2D eigenvalue weighted by molar-refractivity contribution is 7.93. The molecule has 90 valence electrons. The molecule has 2 aromatic rings. The van der Waals surface area contributed by atoms with E-state index in [2.05, 4.69) is 9.71 Å². The maximum atomic E-state index is 11.9. The van der Waals surface area contributed by atoms with Crippen molar-refractivity contribution in [3.05, 3.63) is 41.4 Å². The number of hydrogen-bond acceptors (Lipinski definition) is 5. The molecule has 3 N–H and O–H groups in total. The smallest absolute Gasteiger partial charge is 0.263 e. The third-order valence-electron chi connectivity index (χ3n) is 2.12. The average Bonchev–Trinajstić information content (AvgIpc) is 2.81. The zero-order chi connectivity index (χ0) is 12.3. The molecule has 0 aliphatic carbocycles. The molecule has 0 saturated heterocycles. The molecular weight excluding hydrogens is 258 g/mol. The summed E-state index contributed by atoms with van der Waals surface area (Å²) in [6.45, 7) is 0.389. The minimum absolute atomic E-state index is 0.199. The molecule has 0 bridgehead atoms. The van der Waals surface area contributed by atoms with Crippen LogP contribution in [0.5, 0.6) is 0 Å². The van der Waals surface area contributed by atoms with Gasteiger partial charge in [-0.05, 0) is 17.7 Å². The van der Waals surface area contributed by atoms with Crippen LogP contribution in [-0.2, 0) is 16.6 Å². The van der Waals surface area contributed by atoms with Gasteiger partial charge < -0.3 is 5.73 Å². The van der Waals surface area contributed by atoms with Gasteiger partial charge in [-0.1, -0.05) is 12.1 Å². The lowest BCUT2D eigenvalue weighted by molar-refractivity contribution is 0.601. The average molecular weight is 269 g/mol. The Balaban J connectivity index is 2.25. The summed E-state index contributed by atoms with van der Waals surface area (Å²) >= 11 is 1.23. The van der Waals surface area contributed by atoms with Gasteiger partial charge in [0.25, 0.3) is 10.0 Å². The summed E-state index contributed by atoms with van der Waals surface area (Å²) in [6.07, 6.45) is 1.54. The van der Waals surface area contributed by atoms with Crippen molar-refractivity contribution in [3.63, 3.8) is 0 Å². The van der Waals surface area contributed by atoms with E-state index in [4.69, 9.17) is 5.73 Å². The number of rotatable bonds is 4. The Morgan fingerprint density at radius 1 is 1.29 bits per heavy atom. The summed E-state index contributed by atoms with van der Waals surface area (Å²) in [6, 6.07) is 6.43. The molecule has 1 aromatic carbocycles. The number of aromatic nitrogens is 1. The van der Waals surface area contributed by atoms with Gasteiger partial charge in [0.1, 0.15) is 0 Å². The molecule has 0 aliphatic rings. The highest BCUT2D eigenvalue weighted by Crippen LogP contribution is 2.18. The fraction of sp³-hybridized carbons (Fsp3) is 0.100. The van der Waals surface area contributed by atoms with Crippen molar-refractivity contribution in [1.82, 2.24) is 4.98 Å². The molecule has 0 unspecified atom stereocenters. The van der Waals surface area contributed by atoms with Crippen LogP contribution in [0.25, 0.3) is 0 Å². The molecular formula is C10H11N3O2S2. The predicted octanol–water partition coefficient (Wildman–Crippen LogP) is 1.40. The third-order valence-corrected chi connectivity index (χ3v) is 4.30. The van der Waals surface area contributed by atoms with E-state index in [-0.39, 0.29) is 4.90 Å². The van der Waals surface area contributed by atoms with Gasteiger partial charge in [0.05, 0.1) is 4.90 Å². The number of thiazole rings is 1. The Hall–Kier alpha value is -1.44. The first kappa shape index (κ1) is 12.0. The number of benzene rings is 1.